The van der Waals surface area contributed by atoms with E-state index in [0.717, 1.165) is 11.0 Å². The predicted octanol–water partition coefficient (Wildman–Crippen LogP) is 5.33. The second kappa shape index (κ2) is 5.90. The molecule has 4 aromatic rings. The molecule has 0 aliphatic heterocycles. The highest BCUT2D eigenvalue weighted by Gasteiger charge is 2.21. The van der Waals surface area contributed by atoms with Crippen LogP contribution < -0.4 is 0 Å². The van der Waals surface area contributed by atoms with Gasteiger partial charge in [-0.25, -0.2) is 4.98 Å². The molecule has 0 aliphatic rings. The number of halogens is 1. The number of fused-ring (bicyclic) bond motifs is 1. The van der Waals surface area contributed by atoms with Gasteiger partial charge in [-0.05, 0) is 34.9 Å². The van der Waals surface area contributed by atoms with Crippen molar-refractivity contribution in [2.75, 3.05) is 0 Å². The van der Waals surface area contributed by atoms with Crippen LogP contribution in [0.2, 0.25) is 5.28 Å². The van der Waals surface area contributed by atoms with Gasteiger partial charge in [0.15, 0.2) is 0 Å². The molecule has 23 heavy (non-hydrogen) atoms. The molecule has 0 amide bonds. The van der Waals surface area contributed by atoms with Crippen molar-refractivity contribution in [2.24, 2.45) is 0 Å². The van der Waals surface area contributed by atoms with Gasteiger partial charge in [0, 0.05) is 0 Å². The fourth-order valence-electron chi connectivity index (χ4n) is 3.02. The Hall–Kier alpha value is -2.58. The molecule has 0 N–H and O–H groups in total. The molecule has 2 nitrogen and oxygen atoms in total. The van der Waals surface area contributed by atoms with Crippen LogP contribution in [0.15, 0.2) is 84.9 Å². The lowest BCUT2D eigenvalue weighted by Gasteiger charge is -2.21. The van der Waals surface area contributed by atoms with Crippen LogP contribution in [0.3, 0.4) is 0 Å². The molecule has 0 saturated carbocycles. The second-order valence-electron chi connectivity index (χ2n) is 5.46. The molecule has 3 heteroatoms. The number of imidazole rings is 1. The highest BCUT2D eigenvalue weighted by Crippen LogP contribution is 2.33. The van der Waals surface area contributed by atoms with Crippen molar-refractivity contribution in [3.05, 3.63) is 101 Å². The van der Waals surface area contributed by atoms with Crippen molar-refractivity contribution in [2.45, 2.75) is 6.04 Å². The maximum absolute atomic E-state index is 6.51. The number of benzene rings is 3. The fraction of sp³-hybridized carbons (Fsp3) is 0.0500. The van der Waals surface area contributed by atoms with Crippen LogP contribution in [0.4, 0.5) is 0 Å². The summed E-state index contributed by atoms with van der Waals surface area (Å²) >= 11 is 6.51. The minimum absolute atomic E-state index is 0.00250. The summed E-state index contributed by atoms with van der Waals surface area (Å²) < 4.78 is 2.10. The molecule has 0 spiro atoms. The smallest absolute Gasteiger partial charge is 0.204 e. The van der Waals surface area contributed by atoms with Gasteiger partial charge in [-0.1, -0.05) is 72.8 Å². The fourth-order valence-corrected chi connectivity index (χ4v) is 3.30. The van der Waals surface area contributed by atoms with Gasteiger partial charge in [-0.15, -0.1) is 0 Å². The molecule has 0 fully saturated rings. The molecule has 0 saturated heterocycles. The number of rotatable bonds is 3. The van der Waals surface area contributed by atoms with Crippen molar-refractivity contribution in [3.8, 4) is 0 Å². The first-order valence-corrected chi connectivity index (χ1v) is 7.95. The number of hydrogen-bond acceptors (Lipinski definition) is 1. The highest BCUT2D eigenvalue weighted by molar-refractivity contribution is 6.29. The molecule has 1 aromatic heterocycles. The van der Waals surface area contributed by atoms with Crippen molar-refractivity contribution in [3.63, 3.8) is 0 Å². The van der Waals surface area contributed by atoms with Crippen LogP contribution in [0.25, 0.3) is 11.0 Å². The second-order valence-corrected chi connectivity index (χ2v) is 5.80. The Bertz CT molecular complexity index is 890. The molecule has 0 atom stereocenters. The Morgan fingerprint density at radius 2 is 1.22 bits per heavy atom. The summed E-state index contributed by atoms with van der Waals surface area (Å²) in [5, 5.41) is 0.504. The number of aromatic nitrogens is 2. The van der Waals surface area contributed by atoms with E-state index in [2.05, 4.69) is 64.1 Å². The van der Waals surface area contributed by atoms with Gasteiger partial charge >= 0.3 is 0 Å². The van der Waals surface area contributed by atoms with Crippen molar-refractivity contribution in [1.82, 2.24) is 9.55 Å². The van der Waals surface area contributed by atoms with Crippen LogP contribution in [0.1, 0.15) is 17.2 Å². The summed E-state index contributed by atoms with van der Waals surface area (Å²) in [6.07, 6.45) is 0. The first kappa shape index (κ1) is 14.0. The lowest BCUT2D eigenvalue weighted by atomic mass is 9.98. The van der Waals surface area contributed by atoms with E-state index in [1.165, 1.54) is 11.1 Å². The highest BCUT2D eigenvalue weighted by atomic mass is 35.5. The van der Waals surface area contributed by atoms with Crippen LogP contribution in [-0.2, 0) is 0 Å². The third kappa shape index (κ3) is 2.51. The normalized spacial score (nSPS) is 11.2. The van der Waals surface area contributed by atoms with E-state index in [4.69, 9.17) is 11.6 Å². The molecular weight excluding hydrogens is 304 g/mol. The Morgan fingerprint density at radius 3 is 1.83 bits per heavy atom. The molecule has 0 aliphatic carbocycles. The molecular formula is C20H15ClN2. The summed E-state index contributed by atoms with van der Waals surface area (Å²) in [6, 6.07) is 28.8. The minimum atomic E-state index is -0.00250. The number of para-hydroxylation sites is 2. The van der Waals surface area contributed by atoms with Gasteiger partial charge in [-0.2, -0.15) is 0 Å². The SMILES string of the molecule is Clc1nc2ccccc2n1C(c1ccccc1)c1ccccc1. The van der Waals surface area contributed by atoms with E-state index in [0.29, 0.717) is 5.28 Å². The zero-order chi connectivity index (χ0) is 15.6. The average Bonchev–Trinajstić information content (AvgIpc) is 2.94. The van der Waals surface area contributed by atoms with Gasteiger partial charge < -0.3 is 4.57 Å². The first-order chi connectivity index (χ1) is 11.3. The van der Waals surface area contributed by atoms with Gasteiger partial charge in [0.25, 0.3) is 0 Å². The maximum Gasteiger partial charge on any atom is 0.204 e. The van der Waals surface area contributed by atoms with Crippen molar-refractivity contribution < 1.29 is 0 Å². The van der Waals surface area contributed by atoms with Crippen LogP contribution in [0, 0.1) is 0 Å². The summed E-state index contributed by atoms with van der Waals surface area (Å²) in [4.78, 5) is 4.51. The van der Waals surface area contributed by atoms with E-state index in [-0.39, 0.29) is 6.04 Å². The number of hydrogen-bond donors (Lipinski definition) is 0. The molecule has 0 bridgehead atoms. The van der Waals surface area contributed by atoms with E-state index in [1.807, 2.05) is 30.3 Å². The van der Waals surface area contributed by atoms with E-state index < -0.39 is 0 Å². The first-order valence-electron chi connectivity index (χ1n) is 7.57. The number of nitrogens with zero attached hydrogens (tertiary/aromatic N) is 2. The monoisotopic (exact) mass is 318 g/mol. The van der Waals surface area contributed by atoms with Crippen LogP contribution >= 0.6 is 11.6 Å². The third-order valence-corrected chi connectivity index (χ3v) is 4.31. The molecule has 112 valence electrons. The summed E-state index contributed by atoms with van der Waals surface area (Å²) in [5.41, 5.74) is 4.32. The van der Waals surface area contributed by atoms with Crippen LogP contribution in [-0.4, -0.2) is 9.55 Å². The minimum Gasteiger partial charge on any atom is -0.303 e. The molecule has 0 unspecified atom stereocenters. The Labute approximate surface area is 140 Å². The zero-order valence-corrected chi connectivity index (χ0v) is 13.2. The van der Waals surface area contributed by atoms with E-state index in [9.17, 15) is 0 Å². The summed E-state index contributed by atoms with van der Waals surface area (Å²) in [7, 11) is 0. The predicted molar refractivity (Wildman–Crippen MR) is 94.9 cm³/mol. The van der Waals surface area contributed by atoms with E-state index in [1.54, 1.807) is 0 Å². The third-order valence-electron chi connectivity index (χ3n) is 4.04. The Kier molecular flexibility index (Phi) is 3.60. The quantitative estimate of drug-likeness (QED) is 0.499. The topological polar surface area (TPSA) is 17.8 Å². The van der Waals surface area contributed by atoms with Crippen molar-refractivity contribution in [1.29, 1.82) is 0 Å². The lowest BCUT2D eigenvalue weighted by molar-refractivity contribution is 0.698. The Balaban J connectivity index is 2.00. The molecule has 3 aromatic carbocycles. The molecule has 1 heterocycles. The lowest BCUT2D eigenvalue weighted by Crippen LogP contribution is -2.12. The summed E-state index contributed by atoms with van der Waals surface area (Å²) in [6.45, 7) is 0. The zero-order valence-electron chi connectivity index (χ0n) is 12.4. The van der Waals surface area contributed by atoms with Crippen LogP contribution in [0.5, 0.6) is 0 Å². The van der Waals surface area contributed by atoms with Gasteiger partial charge in [-0.3, -0.25) is 0 Å². The Morgan fingerprint density at radius 1 is 0.696 bits per heavy atom. The standard InChI is InChI=1S/C20H15ClN2/c21-20-22-17-13-7-8-14-18(17)23(20)19(15-9-3-1-4-10-15)16-11-5-2-6-12-16/h1-14,19H. The van der Waals surface area contributed by atoms with Gasteiger partial charge in [0.1, 0.15) is 0 Å². The average molecular weight is 319 g/mol. The van der Waals surface area contributed by atoms with Gasteiger partial charge in [0.2, 0.25) is 5.28 Å². The van der Waals surface area contributed by atoms with Crippen molar-refractivity contribution >= 4 is 22.6 Å². The van der Waals surface area contributed by atoms with E-state index >= 15 is 0 Å². The molecule has 4 rings (SSSR count). The van der Waals surface area contributed by atoms with Gasteiger partial charge in [0.05, 0.1) is 17.1 Å². The molecule has 0 radical (unpaired) electrons. The summed E-state index contributed by atoms with van der Waals surface area (Å²) in [5.74, 6) is 0. The maximum atomic E-state index is 6.51. The largest absolute Gasteiger partial charge is 0.303 e.